The van der Waals surface area contributed by atoms with Gasteiger partial charge in [0, 0.05) is 25.7 Å². The number of phosphoric ester groups is 2. The topological polar surface area (TPSA) is 237 Å². The summed E-state index contributed by atoms with van der Waals surface area (Å²) in [6.07, 6.45) is 47.7. The van der Waals surface area contributed by atoms with Crippen LogP contribution in [0.5, 0.6) is 0 Å². The van der Waals surface area contributed by atoms with Gasteiger partial charge in [0.2, 0.25) is 0 Å². The Morgan fingerprint density at radius 3 is 0.764 bits per heavy atom. The molecule has 0 heterocycles. The van der Waals surface area contributed by atoms with Crippen LogP contribution in [0.3, 0.4) is 0 Å². The van der Waals surface area contributed by atoms with Crippen molar-refractivity contribution in [2.75, 3.05) is 39.6 Å². The van der Waals surface area contributed by atoms with Gasteiger partial charge in [-0.25, -0.2) is 9.13 Å². The molecule has 0 aromatic carbocycles. The van der Waals surface area contributed by atoms with E-state index in [1.54, 1.807) is 0 Å². The minimum absolute atomic E-state index is 0.104. The highest BCUT2D eigenvalue weighted by Crippen LogP contribution is 2.45. The first-order chi connectivity index (χ1) is 42.9. The second-order valence-electron chi connectivity index (χ2n) is 26.2. The van der Waals surface area contributed by atoms with Crippen molar-refractivity contribution in [3.63, 3.8) is 0 Å². The highest BCUT2D eigenvalue weighted by Gasteiger charge is 2.30. The average Bonchev–Trinajstić information content (AvgIpc) is 3.60. The van der Waals surface area contributed by atoms with Crippen molar-refractivity contribution in [2.45, 2.75) is 374 Å². The first-order valence-electron chi connectivity index (χ1n) is 36.5. The van der Waals surface area contributed by atoms with Crippen molar-refractivity contribution in [1.29, 1.82) is 0 Å². The lowest BCUT2D eigenvalue weighted by Gasteiger charge is -2.21. The zero-order valence-electron chi connectivity index (χ0n) is 57.7. The smallest absolute Gasteiger partial charge is 0.462 e. The molecule has 0 bridgehead atoms. The molecule has 5 atom stereocenters. The zero-order chi connectivity index (χ0) is 65.7. The largest absolute Gasteiger partial charge is 0.472 e. The molecule has 0 fully saturated rings. The Bertz CT molecular complexity index is 1730. The molecule has 0 saturated carbocycles. The van der Waals surface area contributed by atoms with Crippen LogP contribution in [0.2, 0.25) is 0 Å². The molecule has 17 nitrogen and oxygen atoms in total. The number of aliphatic hydroxyl groups is 1. The molecule has 0 radical (unpaired) electrons. The summed E-state index contributed by atoms with van der Waals surface area (Å²) in [5.74, 6) is -0.530. The van der Waals surface area contributed by atoms with Gasteiger partial charge in [0.15, 0.2) is 12.2 Å². The number of esters is 4. The first-order valence-corrected chi connectivity index (χ1v) is 39.5. The number of phosphoric acid groups is 2. The summed E-state index contributed by atoms with van der Waals surface area (Å²) in [5, 5.41) is 10.5. The van der Waals surface area contributed by atoms with Gasteiger partial charge < -0.3 is 33.8 Å². The van der Waals surface area contributed by atoms with Crippen molar-refractivity contribution in [3.05, 3.63) is 0 Å². The van der Waals surface area contributed by atoms with Crippen molar-refractivity contribution >= 4 is 39.5 Å². The molecule has 0 spiro atoms. The van der Waals surface area contributed by atoms with E-state index in [0.717, 1.165) is 115 Å². The minimum atomic E-state index is -4.95. The Kier molecular flexibility index (Phi) is 60.8. The molecule has 19 heteroatoms. The normalized spacial score (nSPS) is 14.1. The third-order valence-corrected chi connectivity index (χ3v) is 18.1. The summed E-state index contributed by atoms with van der Waals surface area (Å²) in [4.78, 5) is 72.1. The molecular weight excluding hydrogens is 1170 g/mol. The summed E-state index contributed by atoms with van der Waals surface area (Å²) < 4.78 is 68.0. The van der Waals surface area contributed by atoms with Crippen LogP contribution in [0.4, 0.5) is 0 Å². The summed E-state index contributed by atoms with van der Waals surface area (Å²) in [5.41, 5.74) is 0. The van der Waals surface area contributed by atoms with Gasteiger partial charge in [-0.15, -0.1) is 0 Å². The summed E-state index contributed by atoms with van der Waals surface area (Å²) >= 11 is 0. The van der Waals surface area contributed by atoms with Crippen LogP contribution in [0, 0.1) is 11.8 Å². The Labute approximate surface area is 543 Å². The predicted octanol–water partition coefficient (Wildman–Crippen LogP) is 20.0. The van der Waals surface area contributed by atoms with Crippen LogP contribution in [0.1, 0.15) is 356 Å². The number of hydrogen-bond acceptors (Lipinski definition) is 15. The quantitative estimate of drug-likeness (QED) is 0.0222. The van der Waals surface area contributed by atoms with Crippen LogP contribution < -0.4 is 0 Å². The number of rotatable bonds is 69. The van der Waals surface area contributed by atoms with Gasteiger partial charge in [0.1, 0.15) is 19.3 Å². The highest BCUT2D eigenvalue weighted by molar-refractivity contribution is 7.47. The van der Waals surface area contributed by atoms with Gasteiger partial charge in [0.25, 0.3) is 0 Å². The molecule has 2 unspecified atom stereocenters. The second-order valence-corrected chi connectivity index (χ2v) is 29.1. The Morgan fingerprint density at radius 1 is 0.303 bits per heavy atom. The maximum absolute atomic E-state index is 13.0. The number of aliphatic hydroxyl groups excluding tert-OH is 1. The van der Waals surface area contributed by atoms with Crippen LogP contribution >= 0.6 is 15.6 Å². The first kappa shape index (κ1) is 87.1. The fraction of sp³-hybridized carbons (Fsp3) is 0.943. The SMILES string of the molecule is CCCCCCCCCCC(=O)O[C@H](COC(=O)CCCCCCC)COP(=O)(O)OC[C@H](O)COP(=O)(O)OC[C@@H](COC(=O)CCCCCCCCCCCCCCCCC(C)C)OC(=O)CCCCCCCCCCCCCCCCCCC(C)C. The average molecular weight is 1310 g/mol. The molecule has 528 valence electrons. The third kappa shape index (κ3) is 64.6. The molecular formula is C70H136O17P2. The van der Waals surface area contributed by atoms with Gasteiger partial charge in [-0.3, -0.25) is 37.3 Å². The Hall–Kier alpha value is -1.94. The van der Waals surface area contributed by atoms with E-state index in [0.29, 0.717) is 25.7 Å². The molecule has 0 aromatic rings. The van der Waals surface area contributed by atoms with Crippen LogP contribution in [0.15, 0.2) is 0 Å². The fourth-order valence-electron chi connectivity index (χ4n) is 10.6. The fourth-order valence-corrected chi connectivity index (χ4v) is 12.2. The van der Waals surface area contributed by atoms with E-state index in [2.05, 4.69) is 41.5 Å². The molecule has 89 heavy (non-hydrogen) atoms. The second kappa shape index (κ2) is 62.2. The molecule has 0 aliphatic heterocycles. The van der Waals surface area contributed by atoms with Gasteiger partial charge in [0.05, 0.1) is 26.4 Å². The Morgan fingerprint density at radius 2 is 0.517 bits per heavy atom. The standard InChI is InChI=1S/C70H136O17P2/c1-7-9-11-13-14-35-42-48-54-69(74)86-65(58-80-67(72)52-46-38-12-10-8-2)60-84-88(76,77)82-56-64(71)57-83-89(78,79)85-61-66(59-81-68(73)53-47-41-36-31-27-23-20-19-22-26-30-34-40-45-51-63(5)6)87-70(75)55-49-43-37-32-28-24-18-16-15-17-21-25-29-33-39-44-50-62(3)4/h62-66,71H,7-61H2,1-6H3,(H,76,77)(H,78,79)/t64-,65+,66+/m0/s1. The number of ether oxygens (including phenoxy) is 4. The Balaban J connectivity index is 5.12. The van der Waals surface area contributed by atoms with Crippen LogP contribution in [-0.2, 0) is 65.4 Å². The van der Waals surface area contributed by atoms with Crippen molar-refractivity contribution in [1.82, 2.24) is 0 Å². The summed E-state index contributed by atoms with van der Waals surface area (Å²) in [7, 11) is -9.88. The van der Waals surface area contributed by atoms with E-state index < -0.39 is 97.5 Å². The van der Waals surface area contributed by atoms with Crippen LogP contribution in [0.25, 0.3) is 0 Å². The van der Waals surface area contributed by atoms with E-state index in [-0.39, 0.29) is 25.7 Å². The monoisotopic (exact) mass is 1310 g/mol. The molecule has 0 amide bonds. The van der Waals surface area contributed by atoms with Crippen molar-refractivity contribution in [2.24, 2.45) is 11.8 Å². The number of hydrogen-bond donors (Lipinski definition) is 3. The molecule has 0 saturated heterocycles. The lowest BCUT2D eigenvalue weighted by Crippen LogP contribution is -2.30. The van der Waals surface area contributed by atoms with E-state index in [4.69, 9.17) is 37.0 Å². The predicted molar refractivity (Wildman–Crippen MR) is 358 cm³/mol. The summed E-state index contributed by atoms with van der Waals surface area (Å²) in [6, 6.07) is 0. The van der Waals surface area contributed by atoms with Crippen molar-refractivity contribution < 1.29 is 80.2 Å². The zero-order valence-corrected chi connectivity index (χ0v) is 59.5. The van der Waals surface area contributed by atoms with Crippen molar-refractivity contribution in [3.8, 4) is 0 Å². The van der Waals surface area contributed by atoms with Gasteiger partial charge >= 0.3 is 39.5 Å². The van der Waals surface area contributed by atoms with Gasteiger partial charge in [-0.1, -0.05) is 305 Å². The lowest BCUT2D eigenvalue weighted by molar-refractivity contribution is -0.161. The third-order valence-electron chi connectivity index (χ3n) is 16.2. The molecule has 0 aliphatic rings. The number of unbranched alkanes of at least 4 members (excludes halogenated alkanes) is 39. The van der Waals surface area contributed by atoms with Gasteiger partial charge in [-0.05, 0) is 37.5 Å². The molecule has 0 aliphatic carbocycles. The van der Waals surface area contributed by atoms with E-state index >= 15 is 0 Å². The van der Waals surface area contributed by atoms with E-state index in [9.17, 15) is 43.2 Å². The lowest BCUT2D eigenvalue weighted by atomic mass is 10.0. The van der Waals surface area contributed by atoms with Crippen LogP contribution in [-0.4, -0.2) is 96.7 Å². The van der Waals surface area contributed by atoms with E-state index in [1.807, 2.05) is 0 Å². The van der Waals surface area contributed by atoms with E-state index in [1.165, 1.54) is 161 Å². The molecule has 0 rings (SSSR count). The maximum Gasteiger partial charge on any atom is 0.472 e. The molecule has 3 N–H and O–H groups in total. The number of carbonyl (C=O) groups is 4. The van der Waals surface area contributed by atoms with Gasteiger partial charge in [-0.2, -0.15) is 0 Å². The maximum atomic E-state index is 13.0. The minimum Gasteiger partial charge on any atom is -0.462 e. The number of carbonyl (C=O) groups excluding carboxylic acids is 4. The summed E-state index contributed by atoms with van der Waals surface area (Å²) in [6.45, 7) is 9.48. The highest BCUT2D eigenvalue weighted by atomic mass is 31.2. The molecule has 0 aromatic heterocycles.